The minimum Gasteiger partial charge on any atom is -0.300 e. The Morgan fingerprint density at radius 2 is 1.17 bits per heavy atom. The van der Waals surface area contributed by atoms with Crippen molar-refractivity contribution >= 4 is 0 Å². The van der Waals surface area contributed by atoms with Gasteiger partial charge in [0.05, 0.1) is 6.17 Å². The van der Waals surface area contributed by atoms with E-state index >= 15 is 0 Å². The summed E-state index contributed by atoms with van der Waals surface area (Å²) in [5, 5.41) is 7.45. The summed E-state index contributed by atoms with van der Waals surface area (Å²) in [5.74, 6) is 0.774. The maximum Gasteiger partial charge on any atom is 0.0578 e. The summed E-state index contributed by atoms with van der Waals surface area (Å²) in [7, 11) is 0. The molecule has 0 aliphatic rings. The third-order valence-corrected chi connectivity index (χ3v) is 4.97. The summed E-state index contributed by atoms with van der Waals surface area (Å²) < 4.78 is 0. The van der Waals surface area contributed by atoms with Crippen molar-refractivity contribution in [3.05, 3.63) is 0 Å². The average molecular weight is 341 g/mol. The van der Waals surface area contributed by atoms with Crippen LogP contribution in [-0.2, 0) is 0 Å². The summed E-state index contributed by atoms with van der Waals surface area (Å²) in [6, 6.07) is 1.06. The predicted octanol–water partition coefficient (Wildman–Crippen LogP) is 6.50. The molecule has 24 heavy (non-hydrogen) atoms. The van der Waals surface area contributed by atoms with Crippen LogP contribution in [0.4, 0.5) is 0 Å². The van der Waals surface area contributed by atoms with Gasteiger partial charge in [0.1, 0.15) is 0 Å². The van der Waals surface area contributed by atoms with Gasteiger partial charge in [0.2, 0.25) is 0 Å². The van der Waals surface area contributed by atoms with Crippen molar-refractivity contribution in [1.82, 2.24) is 10.6 Å². The number of hydrogen-bond acceptors (Lipinski definition) is 2. The first-order chi connectivity index (χ1) is 11.2. The molecule has 2 heteroatoms. The molecule has 0 amide bonds. The van der Waals surface area contributed by atoms with Crippen LogP contribution < -0.4 is 10.6 Å². The van der Waals surface area contributed by atoms with Crippen LogP contribution >= 0.6 is 0 Å². The van der Waals surface area contributed by atoms with E-state index in [-0.39, 0.29) is 0 Å². The second-order valence-corrected chi connectivity index (χ2v) is 9.40. The second-order valence-electron chi connectivity index (χ2n) is 9.40. The van der Waals surface area contributed by atoms with Crippen LogP contribution in [0.1, 0.15) is 113 Å². The Kier molecular flexibility index (Phi) is 13.1. The normalized spacial score (nSPS) is 14.1. The van der Waals surface area contributed by atoms with Crippen molar-refractivity contribution in [3.63, 3.8) is 0 Å². The minimum absolute atomic E-state index is 0.387. The fourth-order valence-corrected chi connectivity index (χ4v) is 3.53. The first-order valence-electron chi connectivity index (χ1n) is 10.7. The highest BCUT2D eigenvalue weighted by molar-refractivity contribution is 4.80. The van der Waals surface area contributed by atoms with E-state index in [0.29, 0.717) is 23.7 Å². The molecular formula is C22H48N2. The molecule has 0 saturated carbocycles. The van der Waals surface area contributed by atoms with Crippen molar-refractivity contribution in [1.29, 1.82) is 0 Å². The first kappa shape index (κ1) is 23.9. The Balaban J connectivity index is 4.37. The molecule has 0 radical (unpaired) electrons. The van der Waals surface area contributed by atoms with E-state index in [2.05, 4.69) is 66.0 Å². The molecule has 0 saturated heterocycles. The van der Waals surface area contributed by atoms with Crippen LogP contribution in [0.2, 0.25) is 0 Å². The molecule has 1 atom stereocenters. The van der Waals surface area contributed by atoms with Gasteiger partial charge in [-0.1, -0.05) is 72.6 Å². The fourth-order valence-electron chi connectivity index (χ4n) is 3.53. The molecule has 1 unspecified atom stereocenters. The van der Waals surface area contributed by atoms with E-state index in [4.69, 9.17) is 0 Å². The largest absolute Gasteiger partial charge is 0.300 e. The molecule has 2 nitrogen and oxygen atoms in total. The molecule has 0 heterocycles. The monoisotopic (exact) mass is 340 g/mol. The SMILES string of the molecule is CCCCCCCCCC(CC(NC(C)C)NC(C)C)C(C)(C)C. The highest BCUT2D eigenvalue weighted by atomic mass is 15.1. The maximum absolute atomic E-state index is 3.73. The number of hydrogen-bond donors (Lipinski definition) is 2. The first-order valence-corrected chi connectivity index (χ1v) is 10.7. The van der Waals surface area contributed by atoms with Gasteiger partial charge in [-0.15, -0.1) is 0 Å². The summed E-state index contributed by atoms with van der Waals surface area (Å²) in [6.45, 7) is 18.5. The zero-order chi connectivity index (χ0) is 18.6. The summed E-state index contributed by atoms with van der Waals surface area (Å²) in [6.07, 6.45) is 12.9. The van der Waals surface area contributed by atoms with Crippen LogP contribution in [-0.4, -0.2) is 18.2 Å². The van der Waals surface area contributed by atoms with E-state index in [9.17, 15) is 0 Å². The Labute approximate surface area is 154 Å². The summed E-state index contributed by atoms with van der Waals surface area (Å²) in [4.78, 5) is 0. The third-order valence-electron chi connectivity index (χ3n) is 4.97. The lowest BCUT2D eigenvalue weighted by Crippen LogP contribution is -2.50. The lowest BCUT2D eigenvalue weighted by molar-refractivity contribution is 0.169. The van der Waals surface area contributed by atoms with E-state index in [0.717, 1.165) is 5.92 Å². The van der Waals surface area contributed by atoms with E-state index < -0.39 is 0 Å². The predicted molar refractivity (Wildman–Crippen MR) is 111 cm³/mol. The summed E-state index contributed by atoms with van der Waals surface area (Å²) in [5.41, 5.74) is 0.387. The van der Waals surface area contributed by atoms with Crippen LogP contribution in [0.15, 0.2) is 0 Å². The molecule has 0 aliphatic carbocycles. The van der Waals surface area contributed by atoms with Gasteiger partial charge in [0, 0.05) is 12.1 Å². The Hall–Kier alpha value is -0.0800. The van der Waals surface area contributed by atoms with E-state index in [1.165, 1.54) is 57.8 Å². The molecule has 0 aliphatic heterocycles. The van der Waals surface area contributed by atoms with E-state index in [1.807, 2.05) is 0 Å². The number of rotatable bonds is 14. The van der Waals surface area contributed by atoms with Crippen molar-refractivity contribution in [2.45, 2.75) is 131 Å². The molecule has 0 spiro atoms. The van der Waals surface area contributed by atoms with Crippen molar-refractivity contribution in [2.24, 2.45) is 11.3 Å². The molecule has 0 aromatic carbocycles. The van der Waals surface area contributed by atoms with Crippen LogP contribution in [0.25, 0.3) is 0 Å². The second kappa shape index (κ2) is 13.2. The number of unbranched alkanes of at least 4 members (excludes halogenated alkanes) is 6. The van der Waals surface area contributed by atoms with E-state index in [1.54, 1.807) is 0 Å². The highest BCUT2D eigenvalue weighted by Gasteiger charge is 2.27. The molecule has 0 fully saturated rings. The Bertz CT molecular complexity index is 268. The Morgan fingerprint density at radius 1 is 0.708 bits per heavy atom. The van der Waals surface area contributed by atoms with Gasteiger partial charge in [-0.25, -0.2) is 0 Å². The highest BCUT2D eigenvalue weighted by Crippen LogP contribution is 2.34. The lowest BCUT2D eigenvalue weighted by atomic mass is 9.75. The van der Waals surface area contributed by atoms with Gasteiger partial charge in [-0.3, -0.25) is 10.6 Å². The molecule has 2 N–H and O–H groups in total. The van der Waals surface area contributed by atoms with Gasteiger partial charge in [-0.05, 0) is 51.9 Å². The molecule has 0 aromatic rings. The molecule has 0 rings (SSSR count). The molecular weight excluding hydrogens is 292 g/mol. The van der Waals surface area contributed by atoms with Crippen molar-refractivity contribution in [2.75, 3.05) is 0 Å². The molecule has 146 valence electrons. The maximum atomic E-state index is 3.73. The Morgan fingerprint density at radius 3 is 1.58 bits per heavy atom. The van der Waals surface area contributed by atoms with Gasteiger partial charge in [-0.2, -0.15) is 0 Å². The minimum atomic E-state index is 0.387. The lowest BCUT2D eigenvalue weighted by Gasteiger charge is -2.36. The molecule has 0 aromatic heterocycles. The van der Waals surface area contributed by atoms with Crippen LogP contribution in [0, 0.1) is 11.3 Å². The molecule has 0 bridgehead atoms. The standard InChI is InChI=1S/C22H48N2/c1-9-10-11-12-13-14-15-16-20(22(6,7)8)17-21(23-18(2)3)24-19(4)5/h18-21,23-24H,9-17H2,1-8H3. The quantitative estimate of drug-likeness (QED) is 0.278. The van der Waals surface area contributed by atoms with Crippen LogP contribution in [0.3, 0.4) is 0 Å². The third kappa shape index (κ3) is 13.2. The van der Waals surface area contributed by atoms with Crippen LogP contribution in [0.5, 0.6) is 0 Å². The topological polar surface area (TPSA) is 24.1 Å². The van der Waals surface area contributed by atoms with Crippen molar-refractivity contribution in [3.8, 4) is 0 Å². The zero-order valence-electron chi connectivity index (χ0n) is 18.2. The summed E-state index contributed by atoms with van der Waals surface area (Å²) >= 11 is 0. The smallest absolute Gasteiger partial charge is 0.0578 e. The number of nitrogens with one attached hydrogen (secondary N) is 2. The fraction of sp³-hybridized carbons (Fsp3) is 1.00. The van der Waals surface area contributed by atoms with Gasteiger partial charge < -0.3 is 0 Å². The zero-order valence-corrected chi connectivity index (χ0v) is 18.2. The van der Waals surface area contributed by atoms with Gasteiger partial charge in [0.15, 0.2) is 0 Å². The van der Waals surface area contributed by atoms with Crippen molar-refractivity contribution < 1.29 is 0 Å². The van der Waals surface area contributed by atoms with Gasteiger partial charge in [0.25, 0.3) is 0 Å². The average Bonchev–Trinajstić information content (AvgIpc) is 2.42. The van der Waals surface area contributed by atoms with Gasteiger partial charge >= 0.3 is 0 Å².